The summed E-state index contributed by atoms with van der Waals surface area (Å²) in [4.78, 5) is 4.14. The minimum absolute atomic E-state index is 0.577. The standard InChI is InChI=1S/C19H20N2/c1-14(2)16-5-7-19(8-6-16)21-12-15-3-4-18-13-20-10-9-17(18)11-15/h3-11,13-14,21H,12H2,1-2H3. The number of aromatic nitrogens is 1. The summed E-state index contributed by atoms with van der Waals surface area (Å²) < 4.78 is 0. The van der Waals surface area contributed by atoms with Crippen LogP contribution in [0.4, 0.5) is 5.69 Å². The predicted molar refractivity (Wildman–Crippen MR) is 89.6 cm³/mol. The molecule has 0 aliphatic rings. The normalized spacial score (nSPS) is 11.0. The van der Waals surface area contributed by atoms with Gasteiger partial charge in [0.2, 0.25) is 0 Å². The van der Waals surface area contributed by atoms with Gasteiger partial charge in [-0.15, -0.1) is 0 Å². The molecule has 0 aliphatic heterocycles. The molecular weight excluding hydrogens is 256 g/mol. The Balaban J connectivity index is 1.71. The van der Waals surface area contributed by atoms with E-state index in [2.05, 4.69) is 72.7 Å². The van der Waals surface area contributed by atoms with Gasteiger partial charge in [-0.05, 0) is 46.7 Å². The molecule has 0 fully saturated rings. The molecule has 0 aliphatic carbocycles. The Bertz CT molecular complexity index is 730. The molecular formula is C19H20N2. The van der Waals surface area contributed by atoms with Crippen LogP contribution in [0, 0.1) is 0 Å². The Morgan fingerprint density at radius 2 is 1.76 bits per heavy atom. The average Bonchev–Trinajstić information content (AvgIpc) is 2.53. The van der Waals surface area contributed by atoms with Gasteiger partial charge in [-0.2, -0.15) is 0 Å². The van der Waals surface area contributed by atoms with Gasteiger partial charge >= 0.3 is 0 Å². The molecule has 0 unspecified atom stereocenters. The third-order valence-electron chi connectivity index (χ3n) is 3.78. The SMILES string of the molecule is CC(C)c1ccc(NCc2ccc3cnccc3c2)cc1. The number of hydrogen-bond donors (Lipinski definition) is 1. The summed E-state index contributed by atoms with van der Waals surface area (Å²) in [5.74, 6) is 0.577. The van der Waals surface area contributed by atoms with Crippen LogP contribution in [0.1, 0.15) is 30.9 Å². The summed E-state index contributed by atoms with van der Waals surface area (Å²) >= 11 is 0. The van der Waals surface area contributed by atoms with Crippen LogP contribution in [0.2, 0.25) is 0 Å². The fourth-order valence-corrected chi connectivity index (χ4v) is 2.43. The van der Waals surface area contributed by atoms with Crippen molar-refractivity contribution in [2.24, 2.45) is 0 Å². The van der Waals surface area contributed by atoms with E-state index in [1.54, 1.807) is 0 Å². The summed E-state index contributed by atoms with van der Waals surface area (Å²) in [6.45, 7) is 5.26. The summed E-state index contributed by atoms with van der Waals surface area (Å²) in [6, 6.07) is 17.2. The van der Waals surface area contributed by atoms with E-state index in [1.807, 2.05) is 12.4 Å². The van der Waals surface area contributed by atoms with Gasteiger partial charge in [0.15, 0.2) is 0 Å². The number of fused-ring (bicyclic) bond motifs is 1. The second-order valence-corrected chi connectivity index (χ2v) is 5.69. The Kier molecular flexibility index (Phi) is 3.87. The second-order valence-electron chi connectivity index (χ2n) is 5.69. The van der Waals surface area contributed by atoms with Crippen LogP contribution < -0.4 is 5.32 Å². The second kappa shape index (κ2) is 5.96. The van der Waals surface area contributed by atoms with Crippen LogP contribution in [-0.4, -0.2) is 4.98 Å². The quantitative estimate of drug-likeness (QED) is 0.727. The zero-order chi connectivity index (χ0) is 14.7. The van der Waals surface area contributed by atoms with Crippen LogP contribution >= 0.6 is 0 Å². The molecule has 2 nitrogen and oxygen atoms in total. The van der Waals surface area contributed by atoms with Gasteiger partial charge in [-0.3, -0.25) is 4.98 Å². The minimum atomic E-state index is 0.577. The summed E-state index contributed by atoms with van der Waals surface area (Å²) in [5, 5.41) is 5.89. The lowest BCUT2D eigenvalue weighted by atomic mass is 10.0. The van der Waals surface area contributed by atoms with E-state index < -0.39 is 0 Å². The number of nitrogens with zero attached hydrogens (tertiary/aromatic N) is 1. The van der Waals surface area contributed by atoms with Crippen molar-refractivity contribution in [3.63, 3.8) is 0 Å². The Labute approximate surface area is 125 Å². The molecule has 0 saturated carbocycles. The number of anilines is 1. The van der Waals surface area contributed by atoms with Crippen molar-refractivity contribution in [1.82, 2.24) is 4.98 Å². The lowest BCUT2D eigenvalue weighted by molar-refractivity contribution is 0.867. The molecule has 0 radical (unpaired) electrons. The summed E-state index contributed by atoms with van der Waals surface area (Å²) in [7, 11) is 0. The van der Waals surface area contributed by atoms with E-state index in [0.29, 0.717) is 5.92 Å². The van der Waals surface area contributed by atoms with Crippen LogP contribution in [-0.2, 0) is 6.54 Å². The number of benzene rings is 2. The highest BCUT2D eigenvalue weighted by Gasteiger charge is 2.00. The van der Waals surface area contributed by atoms with Crippen molar-refractivity contribution < 1.29 is 0 Å². The van der Waals surface area contributed by atoms with Crippen molar-refractivity contribution >= 4 is 16.5 Å². The van der Waals surface area contributed by atoms with E-state index in [4.69, 9.17) is 0 Å². The number of pyridine rings is 1. The highest BCUT2D eigenvalue weighted by atomic mass is 14.9. The maximum Gasteiger partial charge on any atom is 0.0401 e. The molecule has 0 amide bonds. The number of nitrogens with one attached hydrogen (secondary N) is 1. The molecule has 0 spiro atoms. The van der Waals surface area contributed by atoms with Crippen molar-refractivity contribution in [2.75, 3.05) is 5.32 Å². The fourth-order valence-electron chi connectivity index (χ4n) is 2.43. The molecule has 0 bridgehead atoms. The highest BCUT2D eigenvalue weighted by Crippen LogP contribution is 2.19. The van der Waals surface area contributed by atoms with Crippen molar-refractivity contribution in [3.05, 3.63) is 72.1 Å². The lowest BCUT2D eigenvalue weighted by Gasteiger charge is -2.10. The molecule has 3 aromatic rings. The first-order valence-electron chi connectivity index (χ1n) is 7.39. The lowest BCUT2D eigenvalue weighted by Crippen LogP contribution is -1.99. The van der Waals surface area contributed by atoms with Crippen LogP contribution in [0.5, 0.6) is 0 Å². The highest BCUT2D eigenvalue weighted by molar-refractivity contribution is 5.82. The number of hydrogen-bond acceptors (Lipinski definition) is 2. The zero-order valence-corrected chi connectivity index (χ0v) is 12.5. The molecule has 2 heteroatoms. The smallest absolute Gasteiger partial charge is 0.0401 e. The first kappa shape index (κ1) is 13.6. The van der Waals surface area contributed by atoms with Gasteiger partial charge in [0, 0.05) is 30.0 Å². The average molecular weight is 276 g/mol. The molecule has 1 N–H and O–H groups in total. The first-order valence-corrected chi connectivity index (χ1v) is 7.39. The maximum atomic E-state index is 4.14. The van der Waals surface area contributed by atoms with Gasteiger partial charge in [-0.25, -0.2) is 0 Å². The van der Waals surface area contributed by atoms with E-state index in [-0.39, 0.29) is 0 Å². The Hall–Kier alpha value is -2.35. The Morgan fingerprint density at radius 1 is 0.952 bits per heavy atom. The zero-order valence-electron chi connectivity index (χ0n) is 12.5. The molecule has 1 aromatic heterocycles. The van der Waals surface area contributed by atoms with Gasteiger partial charge in [-0.1, -0.05) is 38.1 Å². The molecule has 2 aromatic carbocycles. The number of rotatable bonds is 4. The van der Waals surface area contributed by atoms with E-state index in [0.717, 1.165) is 12.2 Å². The minimum Gasteiger partial charge on any atom is -0.381 e. The fraction of sp³-hybridized carbons (Fsp3) is 0.211. The van der Waals surface area contributed by atoms with Gasteiger partial charge in [0.05, 0.1) is 0 Å². The monoisotopic (exact) mass is 276 g/mol. The third-order valence-corrected chi connectivity index (χ3v) is 3.78. The maximum absolute atomic E-state index is 4.14. The van der Waals surface area contributed by atoms with Crippen molar-refractivity contribution in [2.45, 2.75) is 26.3 Å². The molecule has 0 saturated heterocycles. The topological polar surface area (TPSA) is 24.9 Å². The Morgan fingerprint density at radius 3 is 2.52 bits per heavy atom. The molecule has 0 atom stereocenters. The van der Waals surface area contributed by atoms with Crippen molar-refractivity contribution in [3.8, 4) is 0 Å². The summed E-state index contributed by atoms with van der Waals surface area (Å²) in [6.07, 6.45) is 3.74. The third kappa shape index (κ3) is 3.22. The van der Waals surface area contributed by atoms with Crippen LogP contribution in [0.25, 0.3) is 10.8 Å². The van der Waals surface area contributed by atoms with E-state index in [1.165, 1.54) is 21.9 Å². The van der Waals surface area contributed by atoms with Crippen molar-refractivity contribution in [1.29, 1.82) is 0 Å². The largest absolute Gasteiger partial charge is 0.381 e. The van der Waals surface area contributed by atoms with Gasteiger partial charge in [0.1, 0.15) is 0 Å². The van der Waals surface area contributed by atoms with Crippen LogP contribution in [0.15, 0.2) is 60.9 Å². The van der Waals surface area contributed by atoms with Gasteiger partial charge in [0.25, 0.3) is 0 Å². The predicted octanol–water partition coefficient (Wildman–Crippen LogP) is 4.97. The first-order chi connectivity index (χ1) is 10.2. The van der Waals surface area contributed by atoms with Crippen LogP contribution in [0.3, 0.4) is 0 Å². The molecule has 106 valence electrons. The molecule has 3 rings (SSSR count). The van der Waals surface area contributed by atoms with Gasteiger partial charge < -0.3 is 5.32 Å². The van der Waals surface area contributed by atoms with E-state index in [9.17, 15) is 0 Å². The summed E-state index contributed by atoms with van der Waals surface area (Å²) in [5.41, 5.74) is 3.81. The molecule has 1 heterocycles. The van der Waals surface area contributed by atoms with E-state index >= 15 is 0 Å². The molecule has 21 heavy (non-hydrogen) atoms.